The van der Waals surface area contributed by atoms with E-state index in [1.807, 2.05) is 0 Å². The monoisotopic (exact) mass is 247 g/mol. The van der Waals surface area contributed by atoms with Crippen LogP contribution in [-0.2, 0) is 11.3 Å². The van der Waals surface area contributed by atoms with Gasteiger partial charge < -0.3 is 10.1 Å². The molecule has 100 valence electrons. The number of rotatable bonds is 4. The van der Waals surface area contributed by atoms with Gasteiger partial charge in [0.15, 0.2) is 0 Å². The summed E-state index contributed by atoms with van der Waals surface area (Å²) in [5, 5.41) is 3.68. The zero-order valence-corrected chi connectivity index (χ0v) is 11.8. The fraction of sp³-hybridized carbons (Fsp3) is 0.625. The summed E-state index contributed by atoms with van der Waals surface area (Å²) in [6, 6.07) is 9.20. The van der Waals surface area contributed by atoms with Crippen LogP contribution in [0.5, 0.6) is 0 Å². The molecular weight excluding hydrogens is 222 g/mol. The van der Waals surface area contributed by atoms with Crippen LogP contribution in [0, 0.1) is 11.8 Å². The highest BCUT2D eigenvalue weighted by Crippen LogP contribution is 2.31. The third-order valence-electron chi connectivity index (χ3n) is 4.21. The zero-order valence-electron chi connectivity index (χ0n) is 11.8. The predicted molar refractivity (Wildman–Crippen MR) is 76.7 cm³/mol. The number of ether oxygens (including phenoxy) is 1. The van der Waals surface area contributed by atoms with Gasteiger partial charge in [0.05, 0.1) is 6.61 Å². The van der Waals surface area contributed by atoms with E-state index < -0.39 is 0 Å². The molecule has 0 bridgehead atoms. The van der Waals surface area contributed by atoms with Crippen molar-refractivity contribution < 1.29 is 4.74 Å². The first-order valence-electron chi connectivity index (χ1n) is 7.03. The number of hydrogen-bond acceptors (Lipinski definition) is 2. The van der Waals surface area contributed by atoms with Crippen molar-refractivity contribution in [2.24, 2.45) is 11.8 Å². The van der Waals surface area contributed by atoms with E-state index in [0.29, 0.717) is 12.6 Å². The molecule has 2 nitrogen and oxygen atoms in total. The van der Waals surface area contributed by atoms with Crippen LogP contribution in [0.1, 0.15) is 38.7 Å². The Morgan fingerprint density at radius 1 is 1.22 bits per heavy atom. The minimum atomic E-state index is 0.633. The molecule has 2 rings (SSSR count). The van der Waals surface area contributed by atoms with Gasteiger partial charge in [0.25, 0.3) is 0 Å². The summed E-state index contributed by atoms with van der Waals surface area (Å²) in [4.78, 5) is 0. The third-order valence-corrected chi connectivity index (χ3v) is 4.21. The number of hydrogen-bond donors (Lipinski definition) is 1. The molecule has 1 aromatic carbocycles. The summed E-state index contributed by atoms with van der Waals surface area (Å²) in [5.74, 6) is 1.71. The van der Waals surface area contributed by atoms with Crippen LogP contribution in [0.4, 0.5) is 5.69 Å². The van der Waals surface area contributed by atoms with Gasteiger partial charge in [0.1, 0.15) is 0 Å². The van der Waals surface area contributed by atoms with Gasteiger partial charge in [-0.2, -0.15) is 0 Å². The molecule has 0 aromatic heterocycles. The van der Waals surface area contributed by atoms with Crippen LogP contribution >= 0.6 is 0 Å². The Kier molecular flexibility index (Phi) is 4.65. The van der Waals surface area contributed by atoms with Crippen molar-refractivity contribution in [3.05, 3.63) is 29.8 Å². The summed E-state index contributed by atoms with van der Waals surface area (Å²) < 4.78 is 5.18. The summed E-state index contributed by atoms with van der Waals surface area (Å²) in [5.41, 5.74) is 2.47. The zero-order chi connectivity index (χ0) is 13.0. The molecule has 3 atom stereocenters. The number of nitrogens with one attached hydrogen (secondary N) is 1. The van der Waals surface area contributed by atoms with Crippen molar-refractivity contribution in [2.45, 2.75) is 45.8 Å². The van der Waals surface area contributed by atoms with Gasteiger partial charge in [-0.1, -0.05) is 26.0 Å². The van der Waals surface area contributed by atoms with Crippen molar-refractivity contribution in [1.29, 1.82) is 0 Å². The molecule has 1 fully saturated rings. The molecule has 1 aliphatic carbocycles. The number of methoxy groups -OCH3 is 1. The quantitative estimate of drug-likeness (QED) is 0.866. The minimum Gasteiger partial charge on any atom is -0.382 e. The lowest BCUT2D eigenvalue weighted by Crippen LogP contribution is -2.30. The summed E-state index contributed by atoms with van der Waals surface area (Å²) in [6.45, 7) is 5.44. The van der Waals surface area contributed by atoms with Gasteiger partial charge in [-0.25, -0.2) is 0 Å². The highest BCUT2D eigenvalue weighted by Gasteiger charge is 2.24. The summed E-state index contributed by atoms with van der Waals surface area (Å²) in [6.07, 6.45) is 3.92. The van der Waals surface area contributed by atoms with Crippen LogP contribution in [0.3, 0.4) is 0 Å². The highest BCUT2D eigenvalue weighted by molar-refractivity contribution is 5.46. The molecule has 2 heteroatoms. The van der Waals surface area contributed by atoms with Gasteiger partial charge in [-0.3, -0.25) is 0 Å². The van der Waals surface area contributed by atoms with Gasteiger partial charge in [0, 0.05) is 18.8 Å². The van der Waals surface area contributed by atoms with Crippen molar-refractivity contribution in [3.63, 3.8) is 0 Å². The normalized spacial score (nSPS) is 28.1. The second-order valence-corrected chi connectivity index (χ2v) is 5.74. The van der Waals surface area contributed by atoms with Crippen molar-refractivity contribution >= 4 is 5.69 Å². The Hall–Kier alpha value is -1.02. The maximum absolute atomic E-state index is 5.18. The van der Waals surface area contributed by atoms with E-state index >= 15 is 0 Å². The van der Waals surface area contributed by atoms with Gasteiger partial charge in [-0.05, 0) is 48.8 Å². The summed E-state index contributed by atoms with van der Waals surface area (Å²) >= 11 is 0. The van der Waals surface area contributed by atoms with Crippen molar-refractivity contribution in [1.82, 2.24) is 0 Å². The van der Waals surface area contributed by atoms with Crippen molar-refractivity contribution in [3.8, 4) is 0 Å². The lowest BCUT2D eigenvalue weighted by Gasteiger charge is -2.33. The van der Waals surface area contributed by atoms with Gasteiger partial charge >= 0.3 is 0 Å². The third kappa shape index (κ3) is 3.49. The van der Waals surface area contributed by atoms with E-state index in [4.69, 9.17) is 4.74 Å². The first-order valence-corrected chi connectivity index (χ1v) is 7.03. The second-order valence-electron chi connectivity index (χ2n) is 5.74. The lowest BCUT2D eigenvalue weighted by molar-refractivity contribution is 0.185. The van der Waals surface area contributed by atoms with E-state index in [1.54, 1.807) is 7.11 Å². The van der Waals surface area contributed by atoms with E-state index in [0.717, 1.165) is 11.8 Å². The first kappa shape index (κ1) is 13.4. The Morgan fingerprint density at radius 3 is 2.78 bits per heavy atom. The fourth-order valence-electron chi connectivity index (χ4n) is 2.83. The van der Waals surface area contributed by atoms with Crippen LogP contribution in [0.2, 0.25) is 0 Å². The molecule has 18 heavy (non-hydrogen) atoms. The SMILES string of the molecule is COCc1cccc(NC2CCC(C)C(C)C2)c1. The molecule has 0 amide bonds. The Morgan fingerprint density at radius 2 is 2.06 bits per heavy atom. The number of anilines is 1. The van der Waals surface area contributed by atoms with Crippen LogP contribution in [-0.4, -0.2) is 13.2 Å². The van der Waals surface area contributed by atoms with E-state index in [-0.39, 0.29) is 0 Å². The summed E-state index contributed by atoms with van der Waals surface area (Å²) in [7, 11) is 1.74. The Balaban J connectivity index is 1.94. The molecule has 0 spiro atoms. The van der Waals surface area contributed by atoms with E-state index in [1.165, 1.54) is 30.5 Å². The maximum atomic E-state index is 5.18. The molecule has 1 N–H and O–H groups in total. The fourth-order valence-corrected chi connectivity index (χ4v) is 2.83. The number of benzene rings is 1. The smallest absolute Gasteiger partial charge is 0.0713 e. The molecule has 3 unspecified atom stereocenters. The van der Waals surface area contributed by atoms with E-state index in [9.17, 15) is 0 Å². The molecule has 1 aliphatic rings. The average molecular weight is 247 g/mol. The highest BCUT2D eigenvalue weighted by atomic mass is 16.5. The predicted octanol–water partition coefficient (Wildman–Crippen LogP) is 4.07. The molecule has 0 saturated heterocycles. The van der Waals surface area contributed by atoms with Crippen LogP contribution in [0.15, 0.2) is 24.3 Å². The molecule has 0 aliphatic heterocycles. The van der Waals surface area contributed by atoms with Gasteiger partial charge in [-0.15, -0.1) is 0 Å². The topological polar surface area (TPSA) is 21.3 Å². The molecule has 0 radical (unpaired) electrons. The average Bonchev–Trinajstić information content (AvgIpc) is 2.35. The minimum absolute atomic E-state index is 0.633. The van der Waals surface area contributed by atoms with Crippen LogP contribution in [0.25, 0.3) is 0 Å². The largest absolute Gasteiger partial charge is 0.382 e. The Labute approximate surface area is 111 Å². The van der Waals surface area contributed by atoms with Crippen LogP contribution < -0.4 is 5.32 Å². The molecule has 1 aromatic rings. The maximum Gasteiger partial charge on any atom is 0.0713 e. The standard InChI is InChI=1S/C16H25NO/c1-12-7-8-16(9-13(12)2)17-15-6-4-5-14(10-15)11-18-3/h4-6,10,12-13,16-17H,7-9,11H2,1-3H3. The van der Waals surface area contributed by atoms with E-state index in [2.05, 4.69) is 43.4 Å². The molecule has 0 heterocycles. The molecular formula is C16H25NO. The second kappa shape index (κ2) is 6.24. The van der Waals surface area contributed by atoms with Crippen molar-refractivity contribution in [2.75, 3.05) is 12.4 Å². The molecule has 1 saturated carbocycles. The first-order chi connectivity index (χ1) is 8.69. The van der Waals surface area contributed by atoms with Gasteiger partial charge in [0.2, 0.25) is 0 Å². The lowest BCUT2D eigenvalue weighted by atomic mass is 9.79. The Bertz CT molecular complexity index is 377.